The summed E-state index contributed by atoms with van der Waals surface area (Å²) in [6.07, 6.45) is 3.18. The van der Waals surface area contributed by atoms with Gasteiger partial charge in [0.15, 0.2) is 0 Å². The van der Waals surface area contributed by atoms with E-state index >= 15 is 0 Å². The van der Waals surface area contributed by atoms with Gasteiger partial charge < -0.3 is 5.32 Å². The highest BCUT2D eigenvalue weighted by molar-refractivity contribution is 7.89. The van der Waals surface area contributed by atoms with Crippen LogP contribution >= 0.6 is 0 Å². The third-order valence-corrected chi connectivity index (χ3v) is 5.48. The molecule has 1 aromatic rings. The Bertz CT molecular complexity index is 557. The number of sulfonamides is 1. The largest absolute Gasteiger partial charge is 0.313 e. The average molecular weight is 296 g/mol. The zero-order valence-electron chi connectivity index (χ0n) is 12.4. The molecule has 112 valence electrons. The Labute approximate surface area is 122 Å². The molecule has 3 unspecified atom stereocenters. The number of hydrogen-bond donors (Lipinski definition) is 2. The van der Waals surface area contributed by atoms with Gasteiger partial charge in [-0.05, 0) is 50.4 Å². The minimum absolute atomic E-state index is 0.130. The Balaban J connectivity index is 2.10. The number of rotatable bonds is 7. The highest BCUT2D eigenvalue weighted by Gasteiger charge is 2.39. The van der Waals surface area contributed by atoms with Gasteiger partial charge in [-0.25, -0.2) is 13.1 Å². The summed E-state index contributed by atoms with van der Waals surface area (Å²) in [7, 11) is -1.53. The Hall–Kier alpha value is -0.910. The van der Waals surface area contributed by atoms with Crippen molar-refractivity contribution < 1.29 is 8.42 Å². The minimum Gasteiger partial charge on any atom is -0.313 e. The fraction of sp³-hybridized carbons (Fsp3) is 0.600. The van der Waals surface area contributed by atoms with Crippen molar-refractivity contribution in [2.24, 2.45) is 5.92 Å². The second-order valence-electron chi connectivity index (χ2n) is 5.60. The molecule has 1 aromatic carbocycles. The Morgan fingerprint density at radius 2 is 2.15 bits per heavy atom. The van der Waals surface area contributed by atoms with Gasteiger partial charge in [-0.15, -0.1) is 0 Å². The molecule has 0 heterocycles. The van der Waals surface area contributed by atoms with E-state index in [0.29, 0.717) is 10.8 Å². The monoisotopic (exact) mass is 296 g/mol. The van der Waals surface area contributed by atoms with Crippen molar-refractivity contribution in [1.82, 2.24) is 10.0 Å². The molecule has 1 aliphatic rings. The summed E-state index contributed by atoms with van der Waals surface area (Å²) >= 11 is 0. The van der Waals surface area contributed by atoms with Crippen LogP contribution in [0.5, 0.6) is 0 Å². The van der Waals surface area contributed by atoms with Crippen LogP contribution in [0.15, 0.2) is 29.2 Å². The molecule has 1 saturated carbocycles. The molecule has 2 rings (SSSR count). The molecule has 1 aliphatic carbocycles. The van der Waals surface area contributed by atoms with Gasteiger partial charge in [0.05, 0.1) is 4.90 Å². The summed E-state index contributed by atoms with van der Waals surface area (Å²) in [6, 6.07) is 7.42. The fourth-order valence-electron chi connectivity index (χ4n) is 2.47. The van der Waals surface area contributed by atoms with Gasteiger partial charge >= 0.3 is 0 Å². The smallest absolute Gasteiger partial charge is 0.240 e. The number of hydrogen-bond acceptors (Lipinski definition) is 3. The molecule has 5 heteroatoms. The van der Waals surface area contributed by atoms with Crippen LogP contribution in [-0.2, 0) is 10.0 Å². The van der Waals surface area contributed by atoms with E-state index < -0.39 is 10.0 Å². The lowest BCUT2D eigenvalue weighted by atomic mass is 10.1. The Kier molecular flexibility index (Phi) is 4.83. The first-order chi connectivity index (χ1) is 9.47. The third kappa shape index (κ3) is 3.59. The van der Waals surface area contributed by atoms with Gasteiger partial charge in [0.1, 0.15) is 0 Å². The summed E-state index contributed by atoms with van der Waals surface area (Å²) in [4.78, 5) is 0.360. The minimum atomic E-state index is -3.39. The van der Waals surface area contributed by atoms with Crippen LogP contribution in [0.3, 0.4) is 0 Å². The van der Waals surface area contributed by atoms with Crippen molar-refractivity contribution in [1.29, 1.82) is 0 Å². The molecule has 0 radical (unpaired) electrons. The highest BCUT2D eigenvalue weighted by atomic mass is 32.2. The third-order valence-electron chi connectivity index (χ3n) is 3.99. The standard InChI is InChI=1S/C15H24N2O2S/c1-4-6-13-10-15(13)17-20(18,19)14-8-5-7-12(9-14)11(2)16-3/h5,7-9,11,13,15-17H,4,6,10H2,1-3H3. The molecule has 0 aromatic heterocycles. The van der Waals surface area contributed by atoms with Gasteiger partial charge in [-0.3, -0.25) is 0 Å². The first-order valence-electron chi connectivity index (χ1n) is 7.27. The van der Waals surface area contributed by atoms with Gasteiger partial charge in [-0.2, -0.15) is 0 Å². The fourth-order valence-corrected chi connectivity index (χ4v) is 3.84. The SMILES string of the molecule is CCCC1CC1NS(=O)(=O)c1cccc(C(C)NC)c1. The normalized spacial score (nSPS) is 23.6. The first-order valence-corrected chi connectivity index (χ1v) is 8.75. The molecular weight excluding hydrogens is 272 g/mol. The van der Waals surface area contributed by atoms with E-state index in [1.807, 2.05) is 20.0 Å². The maximum atomic E-state index is 12.4. The zero-order valence-corrected chi connectivity index (χ0v) is 13.2. The summed E-state index contributed by atoms with van der Waals surface area (Å²) < 4.78 is 27.5. The van der Waals surface area contributed by atoms with Crippen molar-refractivity contribution in [3.05, 3.63) is 29.8 Å². The predicted molar refractivity (Wildman–Crippen MR) is 81.0 cm³/mol. The van der Waals surface area contributed by atoms with E-state index in [-0.39, 0.29) is 12.1 Å². The van der Waals surface area contributed by atoms with Crippen LogP contribution in [0, 0.1) is 5.92 Å². The van der Waals surface area contributed by atoms with E-state index in [4.69, 9.17) is 0 Å². The summed E-state index contributed by atoms with van der Waals surface area (Å²) in [5.41, 5.74) is 0.983. The lowest BCUT2D eigenvalue weighted by molar-refractivity contribution is 0.572. The van der Waals surface area contributed by atoms with Crippen molar-refractivity contribution in [3.63, 3.8) is 0 Å². The second-order valence-corrected chi connectivity index (χ2v) is 7.31. The van der Waals surface area contributed by atoms with Crippen molar-refractivity contribution in [2.75, 3.05) is 7.05 Å². The second kappa shape index (κ2) is 6.24. The summed E-state index contributed by atoms with van der Waals surface area (Å²) in [5.74, 6) is 0.522. The molecule has 2 N–H and O–H groups in total. The molecule has 0 amide bonds. The number of benzene rings is 1. The Morgan fingerprint density at radius 3 is 2.80 bits per heavy atom. The van der Waals surface area contributed by atoms with Crippen molar-refractivity contribution in [3.8, 4) is 0 Å². The van der Waals surface area contributed by atoms with Crippen LogP contribution in [0.1, 0.15) is 44.7 Å². The van der Waals surface area contributed by atoms with Gasteiger partial charge in [0.25, 0.3) is 0 Å². The van der Waals surface area contributed by atoms with Gasteiger partial charge in [0.2, 0.25) is 10.0 Å². The summed E-state index contributed by atoms with van der Waals surface area (Å²) in [5, 5.41) is 3.12. The lowest BCUT2D eigenvalue weighted by Crippen LogP contribution is -2.27. The lowest BCUT2D eigenvalue weighted by Gasteiger charge is -2.12. The molecule has 20 heavy (non-hydrogen) atoms. The first kappa shape index (κ1) is 15.5. The molecular formula is C15H24N2O2S. The van der Waals surface area contributed by atoms with Gasteiger partial charge in [0, 0.05) is 12.1 Å². The predicted octanol–water partition coefficient (Wildman–Crippen LogP) is 2.43. The van der Waals surface area contributed by atoms with E-state index in [1.54, 1.807) is 18.2 Å². The van der Waals surface area contributed by atoms with Crippen LogP contribution in [-0.4, -0.2) is 21.5 Å². The molecule has 0 bridgehead atoms. The van der Waals surface area contributed by atoms with E-state index in [9.17, 15) is 8.42 Å². The molecule has 0 aliphatic heterocycles. The van der Waals surface area contributed by atoms with Crippen LogP contribution in [0.2, 0.25) is 0 Å². The Morgan fingerprint density at radius 1 is 1.40 bits per heavy atom. The van der Waals surface area contributed by atoms with E-state index in [2.05, 4.69) is 17.0 Å². The molecule has 1 fully saturated rings. The number of nitrogens with one attached hydrogen (secondary N) is 2. The van der Waals surface area contributed by atoms with Crippen LogP contribution in [0.25, 0.3) is 0 Å². The molecule has 0 spiro atoms. The topological polar surface area (TPSA) is 58.2 Å². The zero-order chi connectivity index (χ0) is 14.8. The average Bonchev–Trinajstić information content (AvgIpc) is 3.15. The quantitative estimate of drug-likeness (QED) is 0.812. The summed E-state index contributed by atoms with van der Waals surface area (Å²) in [6.45, 7) is 4.14. The molecule has 0 saturated heterocycles. The molecule has 3 atom stereocenters. The highest BCUT2D eigenvalue weighted by Crippen LogP contribution is 2.35. The van der Waals surface area contributed by atoms with Crippen molar-refractivity contribution in [2.45, 2.75) is 50.1 Å². The van der Waals surface area contributed by atoms with Gasteiger partial charge in [-0.1, -0.05) is 25.5 Å². The van der Waals surface area contributed by atoms with Crippen molar-refractivity contribution >= 4 is 10.0 Å². The van der Waals surface area contributed by atoms with Crippen LogP contribution < -0.4 is 10.0 Å². The molecule has 4 nitrogen and oxygen atoms in total. The van der Waals surface area contributed by atoms with Crippen LogP contribution in [0.4, 0.5) is 0 Å². The van der Waals surface area contributed by atoms with E-state index in [1.165, 1.54) is 0 Å². The van der Waals surface area contributed by atoms with E-state index in [0.717, 1.165) is 24.8 Å². The maximum absolute atomic E-state index is 12.4. The maximum Gasteiger partial charge on any atom is 0.240 e.